The van der Waals surface area contributed by atoms with Gasteiger partial charge in [0.05, 0.1) is 11.9 Å². The second kappa shape index (κ2) is 5.21. The zero-order valence-corrected chi connectivity index (χ0v) is 13.4. The first-order chi connectivity index (χ1) is 11.9. The number of thiophene rings is 1. The summed E-state index contributed by atoms with van der Waals surface area (Å²) in [4.78, 5) is 12.2. The summed E-state index contributed by atoms with van der Waals surface area (Å²) in [5, 5.41) is 8.74. The molecule has 0 bridgehead atoms. The SMILES string of the molecule is c1cn2c(-c3ccsc3)cnc2c(Nc2ccc3[nH]ccc3c2)n1. The maximum absolute atomic E-state index is 4.56. The van der Waals surface area contributed by atoms with E-state index in [0.717, 1.165) is 33.7 Å². The Morgan fingerprint density at radius 1 is 1.12 bits per heavy atom. The van der Waals surface area contributed by atoms with Crippen LogP contribution in [0.15, 0.2) is 65.9 Å². The Hall–Kier alpha value is -3.12. The summed E-state index contributed by atoms with van der Waals surface area (Å²) in [5.74, 6) is 0.744. The van der Waals surface area contributed by atoms with Crippen molar-refractivity contribution in [1.82, 2.24) is 19.4 Å². The molecule has 4 aromatic heterocycles. The molecule has 1 aromatic carbocycles. The van der Waals surface area contributed by atoms with Crippen molar-refractivity contribution in [2.24, 2.45) is 0 Å². The Morgan fingerprint density at radius 3 is 3.04 bits per heavy atom. The number of rotatable bonds is 3. The minimum absolute atomic E-state index is 0.744. The molecule has 5 rings (SSSR count). The summed E-state index contributed by atoms with van der Waals surface area (Å²) in [5.41, 5.74) is 5.15. The third-order valence-electron chi connectivity index (χ3n) is 4.06. The molecular weight excluding hydrogens is 318 g/mol. The largest absolute Gasteiger partial charge is 0.361 e. The van der Waals surface area contributed by atoms with Gasteiger partial charge in [-0.05, 0) is 35.7 Å². The van der Waals surface area contributed by atoms with Crippen LogP contribution in [0.25, 0.3) is 27.8 Å². The molecule has 0 unspecified atom stereocenters. The summed E-state index contributed by atoms with van der Waals surface area (Å²) < 4.78 is 2.06. The molecular formula is C18H13N5S. The second-order valence-corrected chi connectivity index (χ2v) is 6.31. The summed E-state index contributed by atoms with van der Waals surface area (Å²) in [7, 11) is 0. The number of anilines is 2. The first-order valence-corrected chi connectivity index (χ1v) is 8.51. The van der Waals surface area contributed by atoms with Gasteiger partial charge in [-0.2, -0.15) is 11.3 Å². The van der Waals surface area contributed by atoms with E-state index in [4.69, 9.17) is 0 Å². The third-order valence-corrected chi connectivity index (χ3v) is 4.74. The number of aromatic nitrogens is 4. The number of imidazole rings is 1. The molecule has 5 aromatic rings. The van der Waals surface area contributed by atoms with E-state index in [1.807, 2.05) is 24.7 Å². The van der Waals surface area contributed by atoms with Crippen LogP contribution in [0.1, 0.15) is 0 Å². The molecule has 4 heterocycles. The summed E-state index contributed by atoms with van der Waals surface area (Å²) >= 11 is 1.68. The highest BCUT2D eigenvalue weighted by atomic mass is 32.1. The van der Waals surface area contributed by atoms with Crippen LogP contribution < -0.4 is 5.32 Å². The van der Waals surface area contributed by atoms with E-state index in [1.165, 1.54) is 5.56 Å². The number of aromatic amines is 1. The lowest BCUT2D eigenvalue weighted by Crippen LogP contribution is -1.98. The molecule has 0 aliphatic rings. The van der Waals surface area contributed by atoms with Gasteiger partial charge in [0.15, 0.2) is 11.5 Å². The first kappa shape index (κ1) is 13.3. The lowest BCUT2D eigenvalue weighted by Gasteiger charge is -2.07. The topological polar surface area (TPSA) is 58.0 Å². The molecule has 5 nitrogen and oxygen atoms in total. The van der Waals surface area contributed by atoms with Gasteiger partial charge in [-0.3, -0.25) is 4.40 Å². The third kappa shape index (κ3) is 2.08. The minimum atomic E-state index is 0.744. The number of H-pyrrole nitrogens is 1. The van der Waals surface area contributed by atoms with Crippen molar-refractivity contribution in [2.75, 3.05) is 5.32 Å². The van der Waals surface area contributed by atoms with Gasteiger partial charge in [-0.25, -0.2) is 9.97 Å². The van der Waals surface area contributed by atoms with Gasteiger partial charge < -0.3 is 10.3 Å². The van der Waals surface area contributed by atoms with Crippen molar-refractivity contribution in [3.05, 3.63) is 65.9 Å². The average Bonchev–Trinajstić information content (AvgIpc) is 3.34. The Labute approximate surface area is 141 Å². The molecule has 0 aliphatic carbocycles. The molecule has 0 saturated heterocycles. The maximum atomic E-state index is 4.56. The van der Waals surface area contributed by atoms with Crippen molar-refractivity contribution in [3.8, 4) is 11.3 Å². The van der Waals surface area contributed by atoms with E-state index in [9.17, 15) is 0 Å². The smallest absolute Gasteiger partial charge is 0.180 e. The minimum Gasteiger partial charge on any atom is -0.361 e. The normalized spacial score (nSPS) is 11.3. The van der Waals surface area contributed by atoms with Crippen molar-refractivity contribution in [3.63, 3.8) is 0 Å². The Balaban J connectivity index is 1.59. The second-order valence-electron chi connectivity index (χ2n) is 5.53. The predicted molar refractivity (Wildman–Crippen MR) is 97.9 cm³/mol. The molecule has 2 N–H and O–H groups in total. The average molecular weight is 331 g/mol. The van der Waals surface area contributed by atoms with Crippen LogP contribution in [0, 0.1) is 0 Å². The molecule has 0 atom stereocenters. The lowest BCUT2D eigenvalue weighted by molar-refractivity contribution is 1.13. The number of hydrogen-bond acceptors (Lipinski definition) is 4. The fourth-order valence-electron chi connectivity index (χ4n) is 2.90. The summed E-state index contributed by atoms with van der Waals surface area (Å²) in [6.45, 7) is 0. The fourth-order valence-corrected chi connectivity index (χ4v) is 3.55. The van der Waals surface area contributed by atoms with Gasteiger partial charge in [0.25, 0.3) is 0 Å². The number of hydrogen-bond donors (Lipinski definition) is 2. The zero-order valence-electron chi connectivity index (χ0n) is 12.6. The van der Waals surface area contributed by atoms with Gasteiger partial charge in [0, 0.05) is 46.1 Å². The van der Waals surface area contributed by atoms with Crippen LogP contribution in [-0.4, -0.2) is 19.4 Å². The molecule has 24 heavy (non-hydrogen) atoms. The first-order valence-electron chi connectivity index (χ1n) is 7.57. The van der Waals surface area contributed by atoms with Gasteiger partial charge in [0.2, 0.25) is 0 Å². The van der Waals surface area contributed by atoms with Gasteiger partial charge in [0.1, 0.15) is 0 Å². The van der Waals surface area contributed by atoms with Crippen molar-refractivity contribution < 1.29 is 0 Å². The van der Waals surface area contributed by atoms with E-state index >= 15 is 0 Å². The number of benzene rings is 1. The maximum Gasteiger partial charge on any atom is 0.180 e. The van der Waals surface area contributed by atoms with E-state index in [1.54, 1.807) is 17.5 Å². The van der Waals surface area contributed by atoms with Crippen LogP contribution in [0.4, 0.5) is 11.5 Å². The molecule has 0 spiro atoms. The highest BCUT2D eigenvalue weighted by molar-refractivity contribution is 7.08. The molecule has 0 radical (unpaired) electrons. The molecule has 116 valence electrons. The standard InChI is InChI=1S/C18H13N5S/c1-2-15-12(3-5-19-15)9-14(1)22-17-18-21-10-16(13-4-8-24-11-13)23(18)7-6-20-17/h1-11,19H,(H,20,22). The number of nitrogens with zero attached hydrogens (tertiary/aromatic N) is 3. The Morgan fingerprint density at radius 2 is 2.12 bits per heavy atom. The zero-order chi connectivity index (χ0) is 15.9. The van der Waals surface area contributed by atoms with Gasteiger partial charge in [-0.1, -0.05) is 0 Å². The quantitative estimate of drug-likeness (QED) is 0.504. The van der Waals surface area contributed by atoms with Crippen molar-refractivity contribution >= 4 is 39.4 Å². The summed E-state index contributed by atoms with van der Waals surface area (Å²) in [6, 6.07) is 10.3. The number of fused-ring (bicyclic) bond motifs is 2. The van der Waals surface area contributed by atoms with Gasteiger partial charge >= 0.3 is 0 Å². The van der Waals surface area contributed by atoms with Crippen LogP contribution >= 0.6 is 11.3 Å². The van der Waals surface area contributed by atoms with E-state index in [0.29, 0.717) is 0 Å². The van der Waals surface area contributed by atoms with Crippen LogP contribution in [-0.2, 0) is 0 Å². The highest BCUT2D eigenvalue weighted by Crippen LogP contribution is 2.27. The van der Waals surface area contributed by atoms with Crippen LogP contribution in [0.3, 0.4) is 0 Å². The molecule has 0 fully saturated rings. The Bertz CT molecular complexity index is 1140. The van der Waals surface area contributed by atoms with Crippen molar-refractivity contribution in [2.45, 2.75) is 0 Å². The monoisotopic (exact) mass is 331 g/mol. The molecule has 0 saturated carbocycles. The van der Waals surface area contributed by atoms with Crippen LogP contribution in [0.2, 0.25) is 0 Å². The van der Waals surface area contributed by atoms with Crippen molar-refractivity contribution in [1.29, 1.82) is 0 Å². The molecule has 0 amide bonds. The summed E-state index contributed by atoms with van der Waals surface area (Å²) in [6.07, 6.45) is 7.56. The highest BCUT2D eigenvalue weighted by Gasteiger charge is 2.11. The predicted octanol–water partition coefficient (Wildman–Crippen LogP) is 4.68. The van der Waals surface area contributed by atoms with E-state index in [2.05, 4.69) is 59.7 Å². The fraction of sp³-hybridized carbons (Fsp3) is 0. The number of nitrogens with one attached hydrogen (secondary N) is 2. The van der Waals surface area contributed by atoms with E-state index < -0.39 is 0 Å². The van der Waals surface area contributed by atoms with E-state index in [-0.39, 0.29) is 0 Å². The Kier molecular flexibility index (Phi) is 2.89. The lowest BCUT2D eigenvalue weighted by atomic mass is 10.2. The molecule has 0 aliphatic heterocycles. The van der Waals surface area contributed by atoms with Crippen LogP contribution in [0.5, 0.6) is 0 Å². The van der Waals surface area contributed by atoms with Gasteiger partial charge in [-0.15, -0.1) is 0 Å². The molecule has 6 heteroatoms.